The largest absolute Gasteiger partial charge is 0.367 e. The van der Waals surface area contributed by atoms with E-state index >= 15 is 0 Å². The second-order valence-corrected chi connectivity index (χ2v) is 2.83. The van der Waals surface area contributed by atoms with E-state index in [2.05, 4.69) is 9.98 Å². The summed E-state index contributed by atoms with van der Waals surface area (Å²) in [5, 5.41) is 0. The molecule has 0 atom stereocenters. The highest BCUT2D eigenvalue weighted by atomic mass is 16.1. The average molecular weight is 148 g/mol. The maximum Gasteiger partial charge on any atom is 0.235 e. The molecule has 11 heavy (non-hydrogen) atoms. The first kappa shape index (κ1) is 6.38. The maximum atomic E-state index is 10.1. The zero-order chi connectivity index (χ0) is 7.73. The quantitative estimate of drug-likeness (QED) is 0.499. The molecule has 1 aromatic rings. The fraction of sp³-hybridized carbons (Fsp3) is 0.375. The van der Waals surface area contributed by atoms with Crippen LogP contribution in [0.4, 0.5) is 0 Å². The van der Waals surface area contributed by atoms with E-state index in [1.807, 2.05) is 18.5 Å². The maximum absolute atomic E-state index is 10.1. The van der Waals surface area contributed by atoms with Gasteiger partial charge >= 0.3 is 0 Å². The molecule has 1 aliphatic carbocycles. The number of aromatic nitrogens is 1. The van der Waals surface area contributed by atoms with Gasteiger partial charge in [-0.15, -0.1) is 0 Å². The molecule has 1 aliphatic rings. The van der Waals surface area contributed by atoms with Gasteiger partial charge in [-0.3, -0.25) is 0 Å². The number of rotatable bonds is 2. The molecule has 0 aromatic carbocycles. The van der Waals surface area contributed by atoms with Crippen molar-refractivity contribution in [2.24, 2.45) is 4.99 Å². The molecule has 0 radical (unpaired) electrons. The lowest BCUT2D eigenvalue weighted by Gasteiger charge is -2.01. The Morgan fingerprint density at radius 1 is 1.64 bits per heavy atom. The summed E-state index contributed by atoms with van der Waals surface area (Å²) in [5.41, 5.74) is 0.891. The van der Waals surface area contributed by atoms with Gasteiger partial charge < -0.3 is 4.98 Å². The second-order valence-electron chi connectivity index (χ2n) is 2.83. The van der Waals surface area contributed by atoms with E-state index in [9.17, 15) is 4.79 Å². The molecule has 0 bridgehead atoms. The smallest absolute Gasteiger partial charge is 0.235 e. The summed E-state index contributed by atoms with van der Waals surface area (Å²) >= 11 is 0. The number of nitrogens with zero attached hydrogens (tertiary/aromatic N) is 1. The molecule has 0 amide bonds. The third-order valence-corrected chi connectivity index (χ3v) is 2.12. The van der Waals surface area contributed by atoms with Crippen LogP contribution in [0.5, 0.6) is 0 Å². The molecule has 0 unspecified atom stereocenters. The Morgan fingerprint density at radius 3 is 2.91 bits per heavy atom. The van der Waals surface area contributed by atoms with E-state index in [1.54, 1.807) is 6.08 Å². The number of hydrogen-bond donors (Lipinski definition) is 1. The Morgan fingerprint density at radius 2 is 2.45 bits per heavy atom. The molecule has 3 heteroatoms. The van der Waals surface area contributed by atoms with Crippen molar-refractivity contribution in [1.29, 1.82) is 0 Å². The Labute approximate surface area is 64.2 Å². The molecule has 1 fully saturated rings. The molecule has 1 saturated carbocycles. The number of H-pyrrole nitrogens is 1. The number of hydrogen-bond acceptors (Lipinski definition) is 2. The summed E-state index contributed by atoms with van der Waals surface area (Å²) in [4.78, 5) is 16.8. The fourth-order valence-corrected chi connectivity index (χ4v) is 1.28. The lowest BCUT2D eigenvalue weighted by atomic mass is 10.1. The third kappa shape index (κ3) is 0.900. The summed E-state index contributed by atoms with van der Waals surface area (Å²) in [6.07, 6.45) is 7.29. The SMILES string of the molecule is O=C=NC1(c2cc[nH]c2)CC1. The molecular formula is C8H8N2O. The minimum absolute atomic E-state index is 0.207. The van der Waals surface area contributed by atoms with E-state index in [-0.39, 0.29) is 5.54 Å². The highest BCUT2D eigenvalue weighted by molar-refractivity contribution is 5.40. The van der Waals surface area contributed by atoms with Crippen LogP contribution in [0.3, 0.4) is 0 Å². The van der Waals surface area contributed by atoms with Crippen molar-refractivity contribution in [3.63, 3.8) is 0 Å². The zero-order valence-corrected chi connectivity index (χ0v) is 6.00. The van der Waals surface area contributed by atoms with E-state index < -0.39 is 0 Å². The van der Waals surface area contributed by atoms with E-state index in [0.29, 0.717) is 0 Å². The van der Waals surface area contributed by atoms with E-state index in [1.165, 1.54) is 0 Å². The molecule has 3 nitrogen and oxygen atoms in total. The first-order valence-electron chi connectivity index (χ1n) is 3.60. The van der Waals surface area contributed by atoms with Gasteiger partial charge in [0, 0.05) is 12.4 Å². The van der Waals surface area contributed by atoms with Crippen molar-refractivity contribution in [3.05, 3.63) is 24.0 Å². The van der Waals surface area contributed by atoms with Crippen LogP contribution in [0.2, 0.25) is 0 Å². The topological polar surface area (TPSA) is 45.2 Å². The van der Waals surface area contributed by atoms with Gasteiger partial charge in [0.05, 0.1) is 5.54 Å². The van der Waals surface area contributed by atoms with Crippen LogP contribution in [0.25, 0.3) is 0 Å². The van der Waals surface area contributed by atoms with Crippen molar-refractivity contribution < 1.29 is 4.79 Å². The minimum atomic E-state index is -0.207. The molecule has 1 aromatic heterocycles. The van der Waals surface area contributed by atoms with Gasteiger partial charge in [-0.1, -0.05) is 0 Å². The first-order chi connectivity index (χ1) is 5.37. The number of aromatic amines is 1. The summed E-state index contributed by atoms with van der Waals surface area (Å²) in [7, 11) is 0. The van der Waals surface area contributed by atoms with Crippen LogP contribution in [0.1, 0.15) is 18.4 Å². The van der Waals surface area contributed by atoms with Crippen molar-refractivity contribution in [1.82, 2.24) is 4.98 Å². The van der Waals surface area contributed by atoms with Gasteiger partial charge in [-0.2, -0.15) is 4.99 Å². The van der Waals surface area contributed by atoms with Crippen LogP contribution in [-0.4, -0.2) is 11.1 Å². The van der Waals surface area contributed by atoms with E-state index in [0.717, 1.165) is 18.4 Å². The molecular weight excluding hydrogens is 140 g/mol. The summed E-state index contributed by atoms with van der Waals surface area (Å²) in [6, 6.07) is 1.95. The van der Waals surface area contributed by atoms with Gasteiger partial charge in [0.15, 0.2) is 0 Å². The lowest BCUT2D eigenvalue weighted by Crippen LogP contribution is -1.99. The Balaban J connectivity index is 2.35. The number of isocyanates is 1. The van der Waals surface area contributed by atoms with Crippen molar-refractivity contribution in [2.45, 2.75) is 18.4 Å². The molecule has 56 valence electrons. The van der Waals surface area contributed by atoms with Gasteiger partial charge in [0.2, 0.25) is 6.08 Å². The predicted octanol–water partition coefficient (Wildman–Crippen LogP) is 1.34. The highest BCUT2D eigenvalue weighted by Crippen LogP contribution is 2.48. The molecule has 0 aliphatic heterocycles. The molecule has 2 rings (SSSR count). The normalized spacial score (nSPS) is 18.9. The van der Waals surface area contributed by atoms with Gasteiger partial charge in [-0.25, -0.2) is 4.79 Å². The number of carbonyl (C=O) groups excluding carboxylic acids is 1. The monoisotopic (exact) mass is 148 g/mol. The van der Waals surface area contributed by atoms with Gasteiger partial charge in [0.25, 0.3) is 0 Å². The van der Waals surface area contributed by atoms with Crippen molar-refractivity contribution in [3.8, 4) is 0 Å². The summed E-state index contributed by atoms with van der Waals surface area (Å²) < 4.78 is 0. The molecule has 0 saturated heterocycles. The highest BCUT2D eigenvalue weighted by Gasteiger charge is 2.44. The van der Waals surface area contributed by atoms with Gasteiger partial charge in [-0.05, 0) is 24.5 Å². The lowest BCUT2D eigenvalue weighted by molar-refractivity contribution is 0.556. The minimum Gasteiger partial charge on any atom is -0.367 e. The summed E-state index contributed by atoms with van der Waals surface area (Å²) in [5.74, 6) is 0. The van der Waals surface area contributed by atoms with Crippen LogP contribution in [0, 0.1) is 0 Å². The fourth-order valence-electron chi connectivity index (χ4n) is 1.28. The van der Waals surface area contributed by atoms with Crippen molar-refractivity contribution in [2.75, 3.05) is 0 Å². The third-order valence-electron chi connectivity index (χ3n) is 2.12. The zero-order valence-electron chi connectivity index (χ0n) is 6.00. The second kappa shape index (κ2) is 2.07. The van der Waals surface area contributed by atoms with Crippen molar-refractivity contribution >= 4 is 6.08 Å². The summed E-state index contributed by atoms with van der Waals surface area (Å²) in [6.45, 7) is 0. The number of aliphatic imine (C=N–C) groups is 1. The Hall–Kier alpha value is -1.34. The Kier molecular flexibility index (Phi) is 1.20. The van der Waals surface area contributed by atoms with E-state index in [4.69, 9.17) is 0 Å². The van der Waals surface area contributed by atoms with Crippen LogP contribution in [-0.2, 0) is 10.3 Å². The van der Waals surface area contributed by atoms with Crippen LogP contribution >= 0.6 is 0 Å². The number of nitrogens with one attached hydrogen (secondary N) is 1. The Bertz CT molecular complexity index is 292. The average Bonchev–Trinajstić information content (AvgIpc) is 2.63. The van der Waals surface area contributed by atoms with Crippen LogP contribution < -0.4 is 0 Å². The molecule has 1 N–H and O–H groups in total. The standard InChI is InChI=1S/C8H8N2O/c11-6-10-8(2-3-8)7-1-4-9-5-7/h1,4-5,9H,2-3H2. The molecule has 0 spiro atoms. The predicted molar refractivity (Wildman–Crippen MR) is 39.8 cm³/mol. The molecule has 1 heterocycles. The first-order valence-corrected chi connectivity index (χ1v) is 3.60. The van der Waals surface area contributed by atoms with Gasteiger partial charge in [0.1, 0.15) is 0 Å². The van der Waals surface area contributed by atoms with Crippen LogP contribution in [0.15, 0.2) is 23.5 Å².